The van der Waals surface area contributed by atoms with Gasteiger partial charge in [-0.1, -0.05) is 0 Å². The largest absolute Gasteiger partial charge is 0.367 e. The number of H-pyrrole nitrogens is 1. The number of carbonyl (C=O) groups excluding carboxylic acids is 1. The van der Waals surface area contributed by atoms with Gasteiger partial charge in [-0.3, -0.25) is 9.89 Å². The minimum atomic E-state index is -0.598. The number of nitrogens with one attached hydrogen (secondary N) is 2. The Morgan fingerprint density at radius 2 is 2.24 bits per heavy atom. The highest BCUT2D eigenvalue weighted by molar-refractivity contribution is 5.92. The zero-order chi connectivity index (χ0) is 14.8. The lowest BCUT2D eigenvalue weighted by Gasteiger charge is -2.19. The van der Waals surface area contributed by atoms with Gasteiger partial charge < -0.3 is 10.2 Å². The van der Waals surface area contributed by atoms with Crippen LogP contribution in [0.3, 0.4) is 0 Å². The number of anilines is 1. The second-order valence-electron chi connectivity index (χ2n) is 4.97. The predicted molar refractivity (Wildman–Crippen MR) is 73.0 cm³/mol. The van der Waals surface area contributed by atoms with E-state index in [1.54, 1.807) is 11.0 Å². The van der Waals surface area contributed by atoms with Gasteiger partial charge in [0.2, 0.25) is 0 Å². The first-order valence-electron chi connectivity index (χ1n) is 6.64. The Balaban J connectivity index is 1.64. The molecule has 5 nitrogen and oxygen atoms in total. The highest BCUT2D eigenvalue weighted by Crippen LogP contribution is 2.24. The van der Waals surface area contributed by atoms with Crippen LogP contribution in [0.1, 0.15) is 16.9 Å². The summed E-state index contributed by atoms with van der Waals surface area (Å²) in [5.74, 6) is -1.42. The quantitative estimate of drug-likeness (QED) is 0.905. The lowest BCUT2D eigenvalue weighted by Crippen LogP contribution is -2.37. The topological polar surface area (TPSA) is 61.0 Å². The van der Waals surface area contributed by atoms with Crippen molar-refractivity contribution in [2.45, 2.75) is 12.5 Å². The monoisotopic (exact) mass is 292 g/mol. The molecule has 2 heterocycles. The fraction of sp³-hybridized carbons (Fsp3) is 0.286. The maximum Gasteiger partial charge on any atom is 0.269 e. The van der Waals surface area contributed by atoms with E-state index in [1.165, 1.54) is 18.3 Å². The molecular weight excluding hydrogens is 278 g/mol. The third-order valence-corrected chi connectivity index (χ3v) is 3.52. The van der Waals surface area contributed by atoms with Crippen molar-refractivity contribution in [1.29, 1.82) is 0 Å². The Bertz CT molecular complexity index is 644. The maximum atomic E-state index is 13.7. The molecule has 0 bridgehead atoms. The molecule has 1 fully saturated rings. The highest BCUT2D eigenvalue weighted by Gasteiger charge is 2.26. The van der Waals surface area contributed by atoms with Gasteiger partial charge in [0.25, 0.3) is 5.91 Å². The highest BCUT2D eigenvalue weighted by atomic mass is 19.1. The van der Waals surface area contributed by atoms with Crippen molar-refractivity contribution in [3.63, 3.8) is 0 Å². The number of rotatable bonds is 3. The van der Waals surface area contributed by atoms with E-state index in [4.69, 9.17) is 0 Å². The average Bonchev–Trinajstić information content (AvgIpc) is 3.09. The number of hydrogen-bond donors (Lipinski definition) is 2. The van der Waals surface area contributed by atoms with Gasteiger partial charge in [0, 0.05) is 31.4 Å². The van der Waals surface area contributed by atoms with E-state index in [2.05, 4.69) is 15.5 Å². The Morgan fingerprint density at radius 1 is 1.38 bits per heavy atom. The number of aromatic amines is 1. The molecular formula is C14H14F2N4O. The Labute approximate surface area is 120 Å². The van der Waals surface area contributed by atoms with Crippen molar-refractivity contribution in [2.24, 2.45) is 0 Å². The zero-order valence-corrected chi connectivity index (χ0v) is 11.1. The van der Waals surface area contributed by atoms with Crippen LogP contribution in [0.2, 0.25) is 0 Å². The Kier molecular flexibility index (Phi) is 3.55. The molecule has 21 heavy (non-hydrogen) atoms. The molecule has 0 aliphatic carbocycles. The Hall–Kier alpha value is -2.44. The summed E-state index contributed by atoms with van der Waals surface area (Å²) >= 11 is 0. The number of hydrogen-bond acceptors (Lipinski definition) is 3. The number of nitrogens with zero attached hydrogens (tertiary/aromatic N) is 2. The molecule has 1 atom stereocenters. The molecule has 0 saturated carbocycles. The summed E-state index contributed by atoms with van der Waals surface area (Å²) in [7, 11) is 0. The van der Waals surface area contributed by atoms with Crippen LogP contribution in [0.5, 0.6) is 0 Å². The molecule has 2 aromatic rings. The number of aromatic nitrogens is 2. The molecule has 1 aromatic heterocycles. The second-order valence-corrected chi connectivity index (χ2v) is 4.97. The summed E-state index contributed by atoms with van der Waals surface area (Å²) in [6, 6.07) is 5.02. The van der Waals surface area contributed by atoms with Crippen molar-refractivity contribution >= 4 is 11.6 Å². The molecule has 1 saturated heterocycles. The first-order valence-corrected chi connectivity index (χ1v) is 6.64. The summed E-state index contributed by atoms with van der Waals surface area (Å²) in [5, 5.41) is 9.17. The van der Waals surface area contributed by atoms with Crippen molar-refractivity contribution in [3.8, 4) is 0 Å². The molecule has 0 spiro atoms. The smallest absolute Gasteiger partial charge is 0.269 e. The SMILES string of the molecule is O=C(N[C@@H]1CCN(c2ccc(F)cc2F)C1)c1ccn[nH]1. The van der Waals surface area contributed by atoms with Crippen molar-refractivity contribution < 1.29 is 13.6 Å². The van der Waals surface area contributed by atoms with Crippen LogP contribution >= 0.6 is 0 Å². The van der Waals surface area contributed by atoms with Gasteiger partial charge in [-0.05, 0) is 24.6 Å². The summed E-state index contributed by atoms with van der Waals surface area (Å²) in [6.07, 6.45) is 2.21. The van der Waals surface area contributed by atoms with Crippen LogP contribution in [-0.4, -0.2) is 35.2 Å². The van der Waals surface area contributed by atoms with E-state index < -0.39 is 11.6 Å². The van der Waals surface area contributed by atoms with Gasteiger partial charge >= 0.3 is 0 Å². The van der Waals surface area contributed by atoms with Gasteiger partial charge in [0.1, 0.15) is 17.3 Å². The molecule has 1 amide bonds. The standard InChI is InChI=1S/C14H14F2N4O/c15-9-1-2-13(11(16)7-9)20-6-4-10(8-20)18-14(21)12-3-5-17-19-12/h1-3,5,7,10H,4,6,8H2,(H,17,19)(H,18,21)/t10-/m1/s1. The van der Waals surface area contributed by atoms with E-state index in [1.807, 2.05) is 0 Å². The Morgan fingerprint density at radius 3 is 2.95 bits per heavy atom. The third-order valence-electron chi connectivity index (χ3n) is 3.52. The van der Waals surface area contributed by atoms with Crippen LogP contribution < -0.4 is 10.2 Å². The fourth-order valence-corrected chi connectivity index (χ4v) is 2.48. The van der Waals surface area contributed by atoms with E-state index in [-0.39, 0.29) is 11.9 Å². The molecule has 7 heteroatoms. The van der Waals surface area contributed by atoms with E-state index in [9.17, 15) is 13.6 Å². The van der Waals surface area contributed by atoms with Gasteiger partial charge in [-0.25, -0.2) is 8.78 Å². The molecule has 1 aliphatic rings. The summed E-state index contributed by atoms with van der Waals surface area (Å²) in [6.45, 7) is 1.10. The van der Waals surface area contributed by atoms with Crippen LogP contribution in [0, 0.1) is 11.6 Å². The molecule has 2 N–H and O–H groups in total. The van der Waals surface area contributed by atoms with Gasteiger partial charge in [-0.15, -0.1) is 0 Å². The zero-order valence-electron chi connectivity index (χ0n) is 11.1. The van der Waals surface area contributed by atoms with E-state index >= 15 is 0 Å². The van der Waals surface area contributed by atoms with E-state index in [0.717, 1.165) is 6.07 Å². The van der Waals surface area contributed by atoms with Crippen molar-refractivity contribution in [2.75, 3.05) is 18.0 Å². The van der Waals surface area contributed by atoms with Crippen LogP contribution in [-0.2, 0) is 0 Å². The van der Waals surface area contributed by atoms with Gasteiger partial charge in [-0.2, -0.15) is 5.10 Å². The molecule has 0 radical (unpaired) electrons. The number of halogens is 2. The maximum absolute atomic E-state index is 13.7. The normalized spacial score (nSPS) is 18.0. The average molecular weight is 292 g/mol. The van der Waals surface area contributed by atoms with Gasteiger partial charge in [0.15, 0.2) is 0 Å². The first kappa shape index (κ1) is 13.5. The summed E-state index contributed by atoms with van der Waals surface area (Å²) < 4.78 is 26.6. The first-order chi connectivity index (χ1) is 10.1. The molecule has 1 aromatic carbocycles. The van der Waals surface area contributed by atoms with Crippen molar-refractivity contribution in [3.05, 3.63) is 47.8 Å². The minimum Gasteiger partial charge on any atom is -0.367 e. The molecule has 110 valence electrons. The fourth-order valence-electron chi connectivity index (χ4n) is 2.48. The predicted octanol–water partition coefficient (Wildman–Crippen LogP) is 1.70. The lowest BCUT2D eigenvalue weighted by molar-refractivity contribution is 0.0935. The van der Waals surface area contributed by atoms with Crippen LogP contribution in [0.15, 0.2) is 30.5 Å². The molecule has 1 aliphatic heterocycles. The van der Waals surface area contributed by atoms with Gasteiger partial charge in [0.05, 0.1) is 5.69 Å². The number of amides is 1. The van der Waals surface area contributed by atoms with Crippen molar-refractivity contribution in [1.82, 2.24) is 15.5 Å². The second kappa shape index (κ2) is 5.51. The molecule has 3 rings (SSSR count). The summed E-state index contributed by atoms with van der Waals surface area (Å²) in [5.41, 5.74) is 0.746. The van der Waals surface area contributed by atoms with Crippen LogP contribution in [0.4, 0.5) is 14.5 Å². The minimum absolute atomic E-state index is 0.0785. The summed E-state index contributed by atoms with van der Waals surface area (Å²) in [4.78, 5) is 13.7. The lowest BCUT2D eigenvalue weighted by atomic mass is 10.2. The molecule has 0 unspecified atom stereocenters. The number of benzene rings is 1. The number of carbonyl (C=O) groups is 1. The third kappa shape index (κ3) is 2.86. The van der Waals surface area contributed by atoms with E-state index in [0.29, 0.717) is 30.9 Å². The van der Waals surface area contributed by atoms with Crippen LogP contribution in [0.25, 0.3) is 0 Å².